The Kier molecular flexibility index (Phi) is 16.9. The van der Waals surface area contributed by atoms with E-state index in [1.807, 2.05) is 93.0 Å². The Bertz CT molecular complexity index is 1580. The van der Waals surface area contributed by atoms with E-state index in [1.165, 1.54) is 17.7 Å². The highest BCUT2D eigenvalue weighted by Crippen LogP contribution is 2.39. The number of rotatable bonds is 12. The highest BCUT2D eigenvalue weighted by atomic mass is 32.3. The molecule has 0 bridgehead atoms. The van der Waals surface area contributed by atoms with Crippen molar-refractivity contribution in [3.63, 3.8) is 0 Å². The third kappa shape index (κ3) is 11.5. The molecule has 0 aromatic heterocycles. The third-order valence-electron chi connectivity index (χ3n) is 6.91. The predicted molar refractivity (Wildman–Crippen MR) is 198 cm³/mol. The van der Waals surface area contributed by atoms with Crippen LogP contribution >= 0.6 is 10.6 Å². The summed E-state index contributed by atoms with van der Waals surface area (Å²) in [7, 11) is 0.418. The third-order valence-corrected chi connectivity index (χ3v) is 9.58. The molecule has 0 saturated heterocycles. The molecule has 242 valence electrons. The number of nitrogens with one attached hydrogen (secondary N) is 1. The summed E-state index contributed by atoms with van der Waals surface area (Å²) >= 11 is 0. The van der Waals surface area contributed by atoms with Gasteiger partial charge in [0.15, 0.2) is 0 Å². The Labute approximate surface area is 276 Å². The summed E-state index contributed by atoms with van der Waals surface area (Å²) in [5.41, 5.74) is 7.36. The minimum Gasteiger partial charge on any atom is -0.256 e. The van der Waals surface area contributed by atoms with Gasteiger partial charge in [0.05, 0.1) is 35.6 Å². The molecule has 0 saturated carbocycles. The lowest BCUT2D eigenvalue weighted by atomic mass is 10.0. The first-order valence-corrected chi connectivity index (χ1v) is 16.9. The monoisotopic (exact) mass is 641 g/mol. The van der Waals surface area contributed by atoms with Gasteiger partial charge in [-0.15, -0.1) is 3.98 Å². The number of allylic oxidation sites excluding steroid dienone is 8. The van der Waals surface area contributed by atoms with E-state index in [1.54, 1.807) is 6.08 Å². The fourth-order valence-corrected chi connectivity index (χ4v) is 6.18. The quantitative estimate of drug-likeness (QED) is 0.118. The molecular weight excluding hydrogens is 595 g/mol. The van der Waals surface area contributed by atoms with Crippen molar-refractivity contribution in [2.24, 2.45) is 10.1 Å². The van der Waals surface area contributed by atoms with Crippen LogP contribution in [-0.4, -0.2) is 35.4 Å². The normalized spacial score (nSPS) is 15.3. The second kappa shape index (κ2) is 20.6. The molecule has 1 atom stereocenters. The summed E-state index contributed by atoms with van der Waals surface area (Å²) in [4.78, 5) is 4.06. The lowest BCUT2D eigenvalue weighted by molar-refractivity contribution is -0.292. The Morgan fingerprint density at radius 3 is 2.09 bits per heavy atom. The van der Waals surface area contributed by atoms with Crippen LogP contribution < -0.4 is 9.86 Å². The lowest BCUT2D eigenvalue weighted by Crippen LogP contribution is -2.40. The van der Waals surface area contributed by atoms with E-state index in [4.69, 9.17) is 5.14 Å². The minimum atomic E-state index is -1.97. The van der Waals surface area contributed by atoms with Crippen LogP contribution in [0.2, 0.25) is 0 Å². The van der Waals surface area contributed by atoms with Crippen LogP contribution in [0.25, 0.3) is 6.08 Å². The number of aliphatic imine (C=N–C) groups is 1. The van der Waals surface area contributed by atoms with Crippen LogP contribution in [0.1, 0.15) is 37.5 Å². The Morgan fingerprint density at radius 1 is 0.978 bits per heavy atom. The minimum absolute atomic E-state index is 0.268. The molecule has 0 radical (unpaired) electrons. The van der Waals surface area contributed by atoms with Gasteiger partial charge in [-0.2, -0.15) is 0 Å². The standard InChI is InChI=1S/C29H33FN3S.C9H11N.CH3F/c1-4-12-28(22-17-24-13-8-6-9-14-24)33(34(31,5-2)32-3)29(23-25-15-10-7-11-16-25)26-18-20-27(30)21-19-26;1-3-4-5-8(2)9-6-7-10-9;1-2/h4,6-22,32H,1,5,23,31H2,2-3H3;3-7H,1-2H3;1H3/q+1;;/b22-17?,28-12+,33-29+;4-3-,8-5+;. The molecule has 4 nitrogen and oxygen atoms in total. The molecule has 1 aliphatic rings. The molecule has 1 heterocycles. The average molecular weight is 642 g/mol. The SMILES string of the molecule is C/C=C\C=C(/C)C1=NC=C1.C=C/C=C(C=Cc1ccccc1)/[N+](=C(/Cc1ccccc1)c1ccc(F)cc1)S(N)(CC)NC.CF. The zero-order chi connectivity index (χ0) is 33.8. The van der Waals surface area contributed by atoms with Crippen molar-refractivity contribution in [3.8, 4) is 0 Å². The Balaban J connectivity index is 0.000000517. The van der Waals surface area contributed by atoms with E-state index in [-0.39, 0.29) is 5.82 Å². The molecule has 7 heteroatoms. The first kappa shape index (κ1) is 37.8. The molecule has 0 aliphatic carbocycles. The summed E-state index contributed by atoms with van der Waals surface area (Å²) in [5, 5.41) is 7.06. The van der Waals surface area contributed by atoms with Crippen LogP contribution in [0.15, 0.2) is 157 Å². The molecule has 1 aliphatic heterocycles. The zero-order valence-corrected chi connectivity index (χ0v) is 28.4. The molecule has 0 spiro atoms. The van der Waals surface area contributed by atoms with Gasteiger partial charge in [0.25, 0.3) is 0 Å². The summed E-state index contributed by atoms with van der Waals surface area (Å²) in [5.74, 6) is 0.437. The molecule has 3 aromatic rings. The maximum atomic E-state index is 13.8. The predicted octanol–water partition coefficient (Wildman–Crippen LogP) is 9.46. The van der Waals surface area contributed by atoms with Crippen molar-refractivity contribution >= 4 is 28.1 Å². The smallest absolute Gasteiger partial charge is 0.219 e. The van der Waals surface area contributed by atoms with Gasteiger partial charge >= 0.3 is 0 Å². The molecule has 0 amide bonds. The van der Waals surface area contributed by atoms with Crippen LogP contribution in [0.3, 0.4) is 0 Å². The molecule has 3 aromatic carbocycles. The van der Waals surface area contributed by atoms with Crippen molar-refractivity contribution in [1.29, 1.82) is 0 Å². The summed E-state index contributed by atoms with van der Waals surface area (Å²) in [6, 6.07) is 27.0. The summed E-state index contributed by atoms with van der Waals surface area (Å²) in [6.45, 7) is 10.1. The van der Waals surface area contributed by atoms with Crippen molar-refractivity contribution < 1.29 is 12.8 Å². The lowest BCUT2D eigenvalue weighted by Gasteiger charge is -2.31. The first-order valence-electron chi connectivity index (χ1n) is 15.1. The van der Waals surface area contributed by atoms with Crippen molar-refractivity contribution in [2.75, 3.05) is 20.0 Å². The maximum absolute atomic E-state index is 13.8. The molecule has 3 N–H and O–H groups in total. The van der Waals surface area contributed by atoms with Crippen LogP contribution in [0, 0.1) is 5.82 Å². The second-order valence-corrected chi connectivity index (χ2v) is 12.8. The summed E-state index contributed by atoms with van der Waals surface area (Å²) < 4.78 is 28.9. The van der Waals surface area contributed by atoms with Crippen LogP contribution in [0.4, 0.5) is 8.78 Å². The second-order valence-electron chi connectivity index (χ2n) is 9.93. The average Bonchev–Trinajstić information content (AvgIpc) is 3.07. The highest BCUT2D eigenvalue weighted by Gasteiger charge is 2.35. The largest absolute Gasteiger partial charge is 0.256 e. The van der Waals surface area contributed by atoms with E-state index in [9.17, 15) is 8.78 Å². The van der Waals surface area contributed by atoms with E-state index in [2.05, 4.69) is 76.6 Å². The fraction of sp³-hybridized carbons (Fsp3) is 0.179. The van der Waals surface area contributed by atoms with E-state index in [0.29, 0.717) is 19.4 Å². The van der Waals surface area contributed by atoms with Gasteiger partial charge in [0, 0.05) is 23.9 Å². The van der Waals surface area contributed by atoms with E-state index in [0.717, 1.165) is 33.8 Å². The number of halogens is 2. The van der Waals surface area contributed by atoms with Gasteiger partial charge < -0.3 is 0 Å². The van der Waals surface area contributed by atoms with E-state index < -0.39 is 10.6 Å². The van der Waals surface area contributed by atoms with Gasteiger partial charge in [-0.05, 0) is 80.9 Å². The molecule has 0 fully saturated rings. The Hall–Kier alpha value is -4.43. The number of nitrogens with zero attached hydrogens (tertiary/aromatic N) is 2. The fourth-order valence-electron chi connectivity index (χ4n) is 4.39. The maximum Gasteiger partial charge on any atom is 0.219 e. The molecule has 1 unspecified atom stereocenters. The number of alkyl halides is 1. The van der Waals surface area contributed by atoms with Crippen LogP contribution in [-0.2, 0) is 6.42 Å². The Morgan fingerprint density at radius 2 is 1.59 bits per heavy atom. The van der Waals surface area contributed by atoms with Crippen molar-refractivity contribution in [3.05, 3.63) is 174 Å². The molecular formula is C39H47F2N4S+. The van der Waals surface area contributed by atoms with Gasteiger partial charge in [0.2, 0.25) is 11.4 Å². The van der Waals surface area contributed by atoms with Gasteiger partial charge in [-0.3, -0.25) is 9.38 Å². The molecule has 4 rings (SSSR count). The van der Waals surface area contributed by atoms with Crippen molar-refractivity contribution in [1.82, 2.24) is 4.72 Å². The summed E-state index contributed by atoms with van der Waals surface area (Å²) in [6.07, 6.45) is 18.4. The number of hydrogen-bond acceptors (Lipinski definition) is 3. The number of hydrogen-bond donors (Lipinski definition) is 2. The first-order chi connectivity index (χ1) is 22.3. The zero-order valence-electron chi connectivity index (χ0n) is 27.5. The van der Waals surface area contributed by atoms with E-state index >= 15 is 0 Å². The topological polar surface area (TPSA) is 53.4 Å². The number of nitrogens with two attached hydrogens (primary N) is 1. The van der Waals surface area contributed by atoms with Gasteiger partial charge in [0.1, 0.15) is 5.82 Å². The van der Waals surface area contributed by atoms with Gasteiger partial charge in [-0.1, -0.05) is 91.5 Å². The highest BCUT2D eigenvalue weighted by molar-refractivity contribution is 8.25. The van der Waals surface area contributed by atoms with Crippen molar-refractivity contribution in [2.45, 2.75) is 27.2 Å². The van der Waals surface area contributed by atoms with Crippen LogP contribution in [0.5, 0.6) is 0 Å². The molecule has 46 heavy (non-hydrogen) atoms. The van der Waals surface area contributed by atoms with Gasteiger partial charge in [-0.25, -0.2) is 14.3 Å². The number of benzene rings is 3.